The van der Waals surface area contributed by atoms with E-state index in [1.165, 1.54) is 25.7 Å². The van der Waals surface area contributed by atoms with Gasteiger partial charge in [0.05, 0.1) is 0 Å². The van der Waals surface area contributed by atoms with Gasteiger partial charge >= 0.3 is 0 Å². The number of hydrogen-bond donors (Lipinski definition) is 2. The van der Waals surface area contributed by atoms with E-state index in [0.29, 0.717) is 12.0 Å². The summed E-state index contributed by atoms with van der Waals surface area (Å²) in [6, 6.07) is 0.307. The topological polar surface area (TPSA) is 56.7 Å². The number of unbranched alkanes of at least 4 members (excludes halogenated alkanes) is 1. The van der Waals surface area contributed by atoms with Gasteiger partial charge in [-0.1, -0.05) is 47.0 Å². The number of nitrogens with one attached hydrogen (secondary N) is 2. The monoisotopic (exact) mass is 466 g/mol. The molecule has 0 spiro atoms. The van der Waals surface area contributed by atoms with E-state index < -0.39 is 0 Å². The first-order valence-corrected chi connectivity index (χ1v) is 9.85. The summed E-state index contributed by atoms with van der Waals surface area (Å²) in [6.07, 6.45) is 5.97. The zero-order valence-corrected chi connectivity index (χ0v) is 19.1. The molecule has 0 aliphatic carbocycles. The molecule has 1 fully saturated rings. The van der Waals surface area contributed by atoms with Crippen LogP contribution in [0, 0.1) is 11.8 Å². The van der Waals surface area contributed by atoms with Crippen LogP contribution in [0.5, 0.6) is 0 Å². The van der Waals surface area contributed by atoms with E-state index in [-0.39, 0.29) is 35.8 Å². The highest BCUT2D eigenvalue weighted by Gasteiger charge is 2.27. The number of amides is 1. The van der Waals surface area contributed by atoms with Gasteiger partial charge in [-0.15, -0.1) is 24.0 Å². The van der Waals surface area contributed by atoms with Crippen molar-refractivity contribution in [2.75, 3.05) is 26.2 Å². The molecule has 2 N–H and O–H groups in total. The second kappa shape index (κ2) is 13.6. The molecule has 0 aromatic heterocycles. The zero-order chi connectivity index (χ0) is 17.9. The normalized spacial score (nSPS) is 18.9. The molecule has 6 heteroatoms. The second-order valence-electron chi connectivity index (χ2n) is 7.21. The van der Waals surface area contributed by atoms with Crippen molar-refractivity contribution in [3.63, 3.8) is 0 Å². The fourth-order valence-electron chi connectivity index (χ4n) is 3.09. The standard InChI is InChI=1S/C19H38N4O.HI/c1-6-9-10-16(7-2)13-21-19(20-8-3)22-17-11-12-23(14-17)18(24)15(4)5;/h15-17H,6-14H2,1-5H3,(H2,20,21,22);1H. The molecule has 148 valence electrons. The van der Waals surface area contributed by atoms with Gasteiger partial charge in [-0.05, 0) is 25.7 Å². The largest absolute Gasteiger partial charge is 0.357 e. The molecule has 2 atom stereocenters. The van der Waals surface area contributed by atoms with Gasteiger partial charge in [0.2, 0.25) is 5.91 Å². The first-order chi connectivity index (χ1) is 11.5. The maximum absolute atomic E-state index is 12.1. The number of aliphatic imine (C=N–C) groups is 1. The van der Waals surface area contributed by atoms with Crippen LogP contribution in [0.2, 0.25) is 0 Å². The van der Waals surface area contributed by atoms with Gasteiger partial charge < -0.3 is 15.5 Å². The molecule has 1 heterocycles. The van der Waals surface area contributed by atoms with Crippen molar-refractivity contribution >= 4 is 35.8 Å². The molecule has 2 unspecified atom stereocenters. The lowest BCUT2D eigenvalue weighted by Crippen LogP contribution is -2.45. The average molecular weight is 466 g/mol. The first-order valence-electron chi connectivity index (χ1n) is 9.85. The van der Waals surface area contributed by atoms with E-state index >= 15 is 0 Å². The zero-order valence-electron chi connectivity index (χ0n) is 16.8. The van der Waals surface area contributed by atoms with Gasteiger partial charge in [-0.3, -0.25) is 9.79 Å². The Balaban J connectivity index is 0.00000576. The second-order valence-corrected chi connectivity index (χ2v) is 7.21. The van der Waals surface area contributed by atoms with Crippen LogP contribution in [0.15, 0.2) is 4.99 Å². The number of likely N-dealkylation sites (tertiary alicyclic amines) is 1. The Morgan fingerprint density at radius 2 is 2.00 bits per heavy atom. The number of carbonyl (C=O) groups excluding carboxylic acids is 1. The number of rotatable bonds is 9. The number of halogens is 1. The highest BCUT2D eigenvalue weighted by Crippen LogP contribution is 2.14. The summed E-state index contributed by atoms with van der Waals surface area (Å²) in [5.74, 6) is 1.90. The number of guanidine groups is 1. The van der Waals surface area contributed by atoms with E-state index in [2.05, 4.69) is 31.4 Å². The smallest absolute Gasteiger partial charge is 0.225 e. The van der Waals surface area contributed by atoms with Crippen LogP contribution < -0.4 is 10.6 Å². The quantitative estimate of drug-likeness (QED) is 0.310. The van der Waals surface area contributed by atoms with E-state index in [0.717, 1.165) is 38.6 Å². The lowest BCUT2D eigenvalue weighted by molar-refractivity contribution is -0.133. The number of hydrogen-bond acceptors (Lipinski definition) is 2. The Labute approximate surface area is 171 Å². The lowest BCUT2D eigenvalue weighted by Gasteiger charge is -2.21. The first kappa shape index (κ1) is 24.5. The predicted octanol–water partition coefficient (Wildman–Crippen LogP) is 3.63. The molecule has 0 aromatic rings. The fraction of sp³-hybridized carbons (Fsp3) is 0.895. The third-order valence-corrected chi connectivity index (χ3v) is 4.73. The van der Waals surface area contributed by atoms with Gasteiger partial charge in [0.1, 0.15) is 0 Å². The summed E-state index contributed by atoms with van der Waals surface area (Å²) in [4.78, 5) is 18.9. The molecule has 0 radical (unpaired) electrons. The Kier molecular flexibility index (Phi) is 13.4. The maximum Gasteiger partial charge on any atom is 0.225 e. The van der Waals surface area contributed by atoms with Gasteiger partial charge in [0, 0.05) is 38.1 Å². The van der Waals surface area contributed by atoms with Gasteiger partial charge in [-0.2, -0.15) is 0 Å². The molecule has 0 bridgehead atoms. The van der Waals surface area contributed by atoms with Crippen LogP contribution in [-0.2, 0) is 4.79 Å². The van der Waals surface area contributed by atoms with E-state index in [1.54, 1.807) is 0 Å². The molecule has 0 aromatic carbocycles. The van der Waals surface area contributed by atoms with Crippen LogP contribution in [0.25, 0.3) is 0 Å². The molecular formula is C19H39IN4O. The van der Waals surface area contributed by atoms with E-state index in [1.807, 2.05) is 18.7 Å². The Hall–Kier alpha value is -0.530. The minimum absolute atomic E-state index is 0. The summed E-state index contributed by atoms with van der Waals surface area (Å²) >= 11 is 0. The minimum atomic E-state index is 0. The SMILES string of the molecule is CCCCC(CC)CN=C(NCC)NC1CCN(C(=O)C(C)C)C1.I. The Morgan fingerprint density at radius 1 is 1.28 bits per heavy atom. The Morgan fingerprint density at radius 3 is 2.56 bits per heavy atom. The molecule has 1 saturated heterocycles. The highest BCUT2D eigenvalue weighted by atomic mass is 127. The van der Waals surface area contributed by atoms with Crippen molar-refractivity contribution in [2.45, 2.75) is 72.8 Å². The predicted molar refractivity (Wildman–Crippen MR) is 118 cm³/mol. The van der Waals surface area contributed by atoms with Crippen molar-refractivity contribution < 1.29 is 4.79 Å². The van der Waals surface area contributed by atoms with E-state index in [4.69, 9.17) is 4.99 Å². The van der Waals surface area contributed by atoms with Crippen LogP contribution in [-0.4, -0.2) is 49.0 Å². The summed E-state index contributed by atoms with van der Waals surface area (Å²) in [5, 5.41) is 6.87. The summed E-state index contributed by atoms with van der Waals surface area (Å²) in [7, 11) is 0. The third kappa shape index (κ3) is 9.11. The molecule has 5 nitrogen and oxygen atoms in total. The van der Waals surface area contributed by atoms with Crippen LogP contribution >= 0.6 is 24.0 Å². The minimum Gasteiger partial charge on any atom is -0.357 e. The molecule has 25 heavy (non-hydrogen) atoms. The van der Waals surface area contributed by atoms with Crippen molar-refractivity contribution in [3.05, 3.63) is 0 Å². The van der Waals surface area contributed by atoms with Crippen LogP contribution in [0.4, 0.5) is 0 Å². The summed E-state index contributed by atoms with van der Waals surface area (Å²) in [5.41, 5.74) is 0. The molecule has 1 amide bonds. The number of nitrogens with zero attached hydrogens (tertiary/aromatic N) is 2. The molecular weight excluding hydrogens is 427 g/mol. The number of carbonyl (C=O) groups is 1. The van der Waals surface area contributed by atoms with Crippen LogP contribution in [0.1, 0.15) is 66.7 Å². The average Bonchev–Trinajstić information content (AvgIpc) is 3.02. The van der Waals surface area contributed by atoms with Crippen LogP contribution in [0.3, 0.4) is 0 Å². The summed E-state index contributed by atoms with van der Waals surface area (Å²) < 4.78 is 0. The molecule has 0 saturated carbocycles. The van der Waals surface area contributed by atoms with Gasteiger partial charge in [-0.25, -0.2) is 0 Å². The molecule has 1 aliphatic heterocycles. The summed E-state index contributed by atoms with van der Waals surface area (Å²) in [6.45, 7) is 13.9. The van der Waals surface area contributed by atoms with Crippen molar-refractivity contribution in [1.29, 1.82) is 0 Å². The highest BCUT2D eigenvalue weighted by molar-refractivity contribution is 14.0. The fourth-order valence-corrected chi connectivity index (χ4v) is 3.09. The van der Waals surface area contributed by atoms with Gasteiger partial charge in [0.25, 0.3) is 0 Å². The van der Waals surface area contributed by atoms with Crippen molar-refractivity contribution in [2.24, 2.45) is 16.8 Å². The van der Waals surface area contributed by atoms with Crippen molar-refractivity contribution in [1.82, 2.24) is 15.5 Å². The lowest BCUT2D eigenvalue weighted by atomic mass is 10.00. The maximum atomic E-state index is 12.1. The third-order valence-electron chi connectivity index (χ3n) is 4.73. The Bertz CT molecular complexity index is 401. The molecule has 1 aliphatic rings. The van der Waals surface area contributed by atoms with Crippen molar-refractivity contribution in [3.8, 4) is 0 Å². The van der Waals surface area contributed by atoms with E-state index in [9.17, 15) is 4.79 Å². The molecule has 1 rings (SSSR count). The van der Waals surface area contributed by atoms with Gasteiger partial charge in [0.15, 0.2) is 5.96 Å².